The van der Waals surface area contributed by atoms with Gasteiger partial charge in [0.2, 0.25) is 0 Å². The van der Waals surface area contributed by atoms with Crippen molar-refractivity contribution in [3.05, 3.63) is 29.3 Å². The number of ether oxygens (including phenoxy) is 1. The molecule has 1 aromatic carbocycles. The molecule has 21 heavy (non-hydrogen) atoms. The minimum Gasteiger partial charge on any atom is -0.468 e. The van der Waals surface area contributed by atoms with Gasteiger partial charge in [-0.3, -0.25) is 4.79 Å². The number of carbonyl (C=O) groups excluding carboxylic acids is 1. The van der Waals surface area contributed by atoms with Crippen LogP contribution in [0.1, 0.15) is 43.7 Å². The summed E-state index contributed by atoms with van der Waals surface area (Å²) in [6.45, 7) is 1.97. The van der Waals surface area contributed by atoms with Crippen molar-refractivity contribution >= 4 is 15.8 Å². The first-order valence-electron chi connectivity index (χ1n) is 7.44. The number of sulfone groups is 1. The van der Waals surface area contributed by atoms with Crippen LogP contribution in [0.2, 0.25) is 0 Å². The predicted molar refractivity (Wildman–Crippen MR) is 81.0 cm³/mol. The summed E-state index contributed by atoms with van der Waals surface area (Å²) < 4.78 is 30.2. The molecule has 0 fully saturated rings. The van der Waals surface area contributed by atoms with Gasteiger partial charge in [0.25, 0.3) is 0 Å². The number of hydrogen-bond donors (Lipinski definition) is 0. The average Bonchev–Trinajstić information content (AvgIpc) is 2.94. The summed E-state index contributed by atoms with van der Waals surface area (Å²) in [7, 11) is -2.45. The summed E-state index contributed by atoms with van der Waals surface area (Å²) in [5, 5.41) is -1.10. The lowest BCUT2D eigenvalue weighted by molar-refractivity contribution is -0.140. The maximum absolute atomic E-state index is 12.7. The normalized spacial score (nSPS) is 15.5. The van der Waals surface area contributed by atoms with Gasteiger partial charge >= 0.3 is 5.97 Å². The van der Waals surface area contributed by atoms with Crippen LogP contribution in [0.15, 0.2) is 23.1 Å². The first-order chi connectivity index (χ1) is 10.0. The standard InChI is InChI=1S/C16H22O4S/c1-3-4-8-15(16(17)20-2)21(18,19)14-10-9-12-6-5-7-13(12)11-14/h9-11,15H,3-8H2,1-2H3. The van der Waals surface area contributed by atoms with Gasteiger partial charge in [-0.15, -0.1) is 0 Å². The molecule has 1 aromatic rings. The SMILES string of the molecule is CCCCC(C(=O)OC)S(=O)(=O)c1ccc2c(c1)CCC2. The molecular formula is C16H22O4S. The molecule has 0 radical (unpaired) electrons. The fourth-order valence-electron chi connectivity index (χ4n) is 2.81. The molecule has 2 rings (SSSR count). The number of aryl methyl sites for hydroxylation is 2. The highest BCUT2D eigenvalue weighted by molar-refractivity contribution is 7.92. The van der Waals surface area contributed by atoms with Gasteiger partial charge in [0.15, 0.2) is 15.1 Å². The molecule has 0 N–H and O–H groups in total. The maximum atomic E-state index is 12.7. The molecule has 5 heteroatoms. The molecule has 0 bridgehead atoms. The molecule has 4 nitrogen and oxygen atoms in total. The first-order valence-corrected chi connectivity index (χ1v) is 8.99. The summed E-state index contributed by atoms with van der Waals surface area (Å²) >= 11 is 0. The van der Waals surface area contributed by atoms with Crippen molar-refractivity contribution in [3.63, 3.8) is 0 Å². The van der Waals surface area contributed by atoms with Gasteiger partial charge in [-0.25, -0.2) is 8.42 Å². The zero-order valence-electron chi connectivity index (χ0n) is 12.6. The first kappa shape index (κ1) is 16.0. The second-order valence-electron chi connectivity index (χ2n) is 5.48. The van der Waals surface area contributed by atoms with E-state index in [4.69, 9.17) is 4.74 Å². The number of carbonyl (C=O) groups is 1. The molecule has 1 aliphatic carbocycles. The average molecular weight is 310 g/mol. The number of unbranched alkanes of at least 4 members (excludes halogenated alkanes) is 1. The fraction of sp³-hybridized carbons (Fsp3) is 0.562. The topological polar surface area (TPSA) is 60.4 Å². The van der Waals surface area contributed by atoms with Crippen molar-refractivity contribution in [2.24, 2.45) is 0 Å². The molecule has 1 unspecified atom stereocenters. The Morgan fingerprint density at radius 2 is 2.00 bits per heavy atom. The van der Waals surface area contributed by atoms with Crippen LogP contribution < -0.4 is 0 Å². The Labute approximate surface area is 126 Å². The zero-order valence-corrected chi connectivity index (χ0v) is 13.4. The highest BCUT2D eigenvalue weighted by Gasteiger charge is 2.34. The van der Waals surface area contributed by atoms with Gasteiger partial charge < -0.3 is 4.74 Å². The van der Waals surface area contributed by atoms with E-state index in [-0.39, 0.29) is 4.90 Å². The molecule has 116 valence electrons. The fourth-order valence-corrected chi connectivity index (χ4v) is 4.53. The lowest BCUT2D eigenvalue weighted by atomic mass is 10.1. The Hall–Kier alpha value is -1.36. The van der Waals surface area contributed by atoms with Crippen LogP contribution in [0.3, 0.4) is 0 Å². The third kappa shape index (κ3) is 3.28. The van der Waals surface area contributed by atoms with Crippen LogP contribution in [0.4, 0.5) is 0 Å². The molecule has 0 saturated carbocycles. The summed E-state index contributed by atoms with van der Waals surface area (Å²) in [6.07, 6.45) is 4.82. The van der Waals surface area contributed by atoms with Gasteiger partial charge in [0.1, 0.15) is 0 Å². The number of rotatable bonds is 6. The Kier molecular flexibility index (Phi) is 5.04. The van der Waals surface area contributed by atoms with E-state index in [0.29, 0.717) is 12.8 Å². The van der Waals surface area contributed by atoms with Crippen LogP contribution in [-0.2, 0) is 32.2 Å². The van der Waals surface area contributed by atoms with Gasteiger partial charge in [0, 0.05) is 0 Å². The van der Waals surface area contributed by atoms with E-state index in [1.165, 1.54) is 12.7 Å². The second kappa shape index (κ2) is 6.60. The molecule has 0 spiro atoms. The Balaban J connectivity index is 2.35. The van der Waals surface area contributed by atoms with Gasteiger partial charge in [0.05, 0.1) is 12.0 Å². The molecule has 1 atom stereocenters. The zero-order chi connectivity index (χ0) is 15.5. The van der Waals surface area contributed by atoms with Crippen LogP contribution >= 0.6 is 0 Å². The monoisotopic (exact) mass is 310 g/mol. The molecule has 1 aliphatic rings. The van der Waals surface area contributed by atoms with E-state index in [1.54, 1.807) is 12.1 Å². The minimum atomic E-state index is -3.68. The van der Waals surface area contributed by atoms with E-state index in [0.717, 1.165) is 31.2 Å². The summed E-state index contributed by atoms with van der Waals surface area (Å²) in [5.74, 6) is -0.663. The highest BCUT2D eigenvalue weighted by atomic mass is 32.2. The molecule has 0 saturated heterocycles. The van der Waals surface area contributed by atoms with E-state index in [2.05, 4.69) is 0 Å². The smallest absolute Gasteiger partial charge is 0.324 e. The van der Waals surface area contributed by atoms with Crippen molar-refractivity contribution in [3.8, 4) is 0 Å². The molecule has 0 aromatic heterocycles. The van der Waals surface area contributed by atoms with Crippen LogP contribution in [0.25, 0.3) is 0 Å². The van der Waals surface area contributed by atoms with E-state index >= 15 is 0 Å². The third-order valence-electron chi connectivity index (χ3n) is 4.06. The Bertz CT molecular complexity index is 619. The minimum absolute atomic E-state index is 0.245. The maximum Gasteiger partial charge on any atom is 0.324 e. The lowest BCUT2D eigenvalue weighted by Gasteiger charge is -2.16. The Morgan fingerprint density at radius 1 is 1.29 bits per heavy atom. The van der Waals surface area contributed by atoms with Crippen molar-refractivity contribution in [1.82, 2.24) is 0 Å². The summed E-state index contributed by atoms with van der Waals surface area (Å²) in [5.41, 5.74) is 2.31. The van der Waals surface area contributed by atoms with Gasteiger partial charge in [-0.2, -0.15) is 0 Å². The van der Waals surface area contributed by atoms with Crippen molar-refractivity contribution in [2.75, 3.05) is 7.11 Å². The van der Waals surface area contributed by atoms with Crippen LogP contribution in [0, 0.1) is 0 Å². The lowest BCUT2D eigenvalue weighted by Crippen LogP contribution is -2.31. The largest absolute Gasteiger partial charge is 0.468 e. The predicted octanol–water partition coefficient (Wildman–Crippen LogP) is 2.68. The van der Waals surface area contributed by atoms with Gasteiger partial charge in [-0.05, 0) is 48.9 Å². The van der Waals surface area contributed by atoms with E-state index in [9.17, 15) is 13.2 Å². The van der Waals surface area contributed by atoms with Crippen LogP contribution in [-0.4, -0.2) is 26.7 Å². The van der Waals surface area contributed by atoms with Crippen LogP contribution in [0.5, 0.6) is 0 Å². The van der Waals surface area contributed by atoms with Gasteiger partial charge in [-0.1, -0.05) is 25.8 Å². The molecule has 0 heterocycles. The molecule has 0 amide bonds. The summed E-state index contributed by atoms with van der Waals surface area (Å²) in [6, 6.07) is 5.24. The third-order valence-corrected chi connectivity index (χ3v) is 6.15. The van der Waals surface area contributed by atoms with Crippen molar-refractivity contribution < 1.29 is 17.9 Å². The molecule has 0 aliphatic heterocycles. The number of esters is 1. The second-order valence-corrected chi connectivity index (χ2v) is 7.61. The highest BCUT2D eigenvalue weighted by Crippen LogP contribution is 2.28. The number of hydrogen-bond acceptors (Lipinski definition) is 4. The number of methoxy groups -OCH3 is 1. The quantitative estimate of drug-likeness (QED) is 0.758. The number of fused-ring (bicyclic) bond motifs is 1. The Morgan fingerprint density at radius 3 is 2.67 bits per heavy atom. The summed E-state index contributed by atoms with van der Waals surface area (Å²) in [4.78, 5) is 12.1. The van der Waals surface area contributed by atoms with Crippen molar-refractivity contribution in [2.45, 2.75) is 55.6 Å². The van der Waals surface area contributed by atoms with E-state index < -0.39 is 21.1 Å². The number of benzene rings is 1. The van der Waals surface area contributed by atoms with Crippen molar-refractivity contribution in [1.29, 1.82) is 0 Å². The molecular weight excluding hydrogens is 288 g/mol. The van der Waals surface area contributed by atoms with E-state index in [1.807, 2.05) is 13.0 Å².